The van der Waals surface area contributed by atoms with E-state index in [1.165, 1.54) is 25.5 Å². The first kappa shape index (κ1) is 38.7. The number of ether oxygens (including phenoxy) is 1. The molecule has 1 unspecified atom stereocenters. The molecule has 6 rings (SSSR count). The van der Waals surface area contributed by atoms with Crippen LogP contribution in [0.25, 0.3) is 22.7 Å². The molecule has 0 bridgehead atoms. The highest BCUT2D eigenvalue weighted by molar-refractivity contribution is 7.89. The quantitative estimate of drug-likeness (QED) is 0.103. The van der Waals surface area contributed by atoms with E-state index in [0.29, 0.717) is 13.0 Å². The third kappa shape index (κ3) is 9.39. The summed E-state index contributed by atoms with van der Waals surface area (Å²) in [5, 5.41) is 0. The Bertz CT molecular complexity index is 2220. The predicted molar refractivity (Wildman–Crippen MR) is 214 cm³/mol. The summed E-state index contributed by atoms with van der Waals surface area (Å²) in [6.07, 6.45) is 12.1. The highest BCUT2D eigenvalue weighted by Crippen LogP contribution is 2.25. The first-order valence-electron chi connectivity index (χ1n) is 18.6. The fourth-order valence-electron chi connectivity index (χ4n) is 6.80. The van der Waals surface area contributed by atoms with Gasteiger partial charge in [-0.25, -0.2) is 18.4 Å². The molecule has 2 aromatic carbocycles. The van der Waals surface area contributed by atoms with Crippen molar-refractivity contribution >= 4 is 38.7 Å². The third-order valence-electron chi connectivity index (χ3n) is 9.86. The number of likely N-dealkylation sites (tertiary alicyclic amines) is 1. The molecule has 0 N–H and O–H groups in total. The lowest BCUT2D eigenvalue weighted by Crippen LogP contribution is -2.44. The van der Waals surface area contributed by atoms with Crippen molar-refractivity contribution in [3.05, 3.63) is 131 Å². The predicted octanol–water partition coefficient (Wildman–Crippen LogP) is 7.31. The summed E-state index contributed by atoms with van der Waals surface area (Å²) >= 11 is 0. The van der Waals surface area contributed by atoms with Crippen molar-refractivity contribution in [1.29, 1.82) is 0 Å². The van der Waals surface area contributed by atoms with Crippen molar-refractivity contribution in [3.63, 3.8) is 0 Å². The number of carbonyl (C=O) groups is 1. The van der Waals surface area contributed by atoms with Gasteiger partial charge in [0.05, 0.1) is 28.0 Å². The Morgan fingerprint density at radius 3 is 2.43 bits per heavy atom. The second-order valence-electron chi connectivity index (χ2n) is 14.4. The first-order chi connectivity index (χ1) is 26.0. The van der Waals surface area contributed by atoms with E-state index in [-0.39, 0.29) is 17.4 Å². The lowest BCUT2D eigenvalue weighted by Gasteiger charge is -2.27. The fraction of sp³-hybridized carbons (Fsp3) is 0.349. The monoisotopic (exact) mass is 746 g/mol. The van der Waals surface area contributed by atoms with E-state index >= 15 is 0 Å². The molecule has 5 aromatic rings. The smallest absolute Gasteiger partial charge is 0.324 e. The van der Waals surface area contributed by atoms with Gasteiger partial charge in [0, 0.05) is 31.9 Å². The van der Waals surface area contributed by atoms with E-state index in [0.717, 1.165) is 68.9 Å². The summed E-state index contributed by atoms with van der Waals surface area (Å²) in [4.78, 5) is 29.7. The fourth-order valence-corrected chi connectivity index (χ4v) is 8.12. The van der Waals surface area contributed by atoms with Gasteiger partial charge in [0.2, 0.25) is 10.0 Å². The van der Waals surface area contributed by atoms with Crippen LogP contribution in [0, 0.1) is 19.8 Å². The number of likely N-dealkylation sites (N-methyl/N-ethyl adjacent to an activating group) is 1. The molecule has 54 heavy (non-hydrogen) atoms. The van der Waals surface area contributed by atoms with Crippen molar-refractivity contribution in [2.75, 3.05) is 33.3 Å². The van der Waals surface area contributed by atoms with Crippen LogP contribution in [0.5, 0.6) is 0 Å². The number of hydrogen-bond donors (Lipinski definition) is 0. The van der Waals surface area contributed by atoms with Crippen LogP contribution in [0.4, 0.5) is 0 Å². The van der Waals surface area contributed by atoms with E-state index in [1.54, 1.807) is 42.7 Å². The Balaban J connectivity index is 1.11. The maximum atomic E-state index is 13.8. The number of aromatic nitrogens is 4. The van der Waals surface area contributed by atoms with Crippen LogP contribution in [0.3, 0.4) is 0 Å². The number of imidazole rings is 1. The van der Waals surface area contributed by atoms with E-state index in [2.05, 4.69) is 56.7 Å². The van der Waals surface area contributed by atoms with E-state index < -0.39 is 22.0 Å². The van der Waals surface area contributed by atoms with Gasteiger partial charge in [-0.15, -0.1) is 0 Å². The Kier molecular flexibility index (Phi) is 12.5. The molecule has 282 valence electrons. The molecule has 1 aliphatic rings. The largest absolute Gasteiger partial charge is 0.460 e. The highest BCUT2D eigenvalue weighted by Gasteiger charge is 2.34. The number of pyridine rings is 2. The number of fused-ring (bicyclic) bond motifs is 1. The summed E-state index contributed by atoms with van der Waals surface area (Å²) < 4.78 is 36.5. The molecule has 0 saturated carbocycles. The number of hydrogen-bond acceptors (Lipinski definition) is 8. The van der Waals surface area contributed by atoms with Gasteiger partial charge in [-0.05, 0) is 106 Å². The zero-order valence-electron chi connectivity index (χ0n) is 31.9. The molecular formula is C43H50N6O4S. The SMILES string of the molecule is Cc1ccc(/C(=C\CN2CCCC2)c2cccc(/C=C/COC(=O)C(CC(C)C)N(C)S(=O)(=O)c3ccc(Cn4c(C)nc5cnccc54)cc3)n2)cc1. The van der Waals surface area contributed by atoms with Gasteiger partial charge in [0.25, 0.3) is 0 Å². The van der Waals surface area contributed by atoms with Crippen LogP contribution in [-0.4, -0.2) is 82.4 Å². The van der Waals surface area contributed by atoms with E-state index in [1.807, 2.05) is 51.1 Å². The summed E-state index contributed by atoms with van der Waals surface area (Å²) in [6.45, 7) is 11.5. The van der Waals surface area contributed by atoms with Crippen LogP contribution >= 0.6 is 0 Å². The van der Waals surface area contributed by atoms with Gasteiger partial charge in [-0.3, -0.25) is 14.7 Å². The molecule has 1 fully saturated rings. The summed E-state index contributed by atoms with van der Waals surface area (Å²) in [5.41, 5.74) is 7.70. The normalized spacial score (nSPS) is 14.8. The van der Waals surface area contributed by atoms with Crippen molar-refractivity contribution in [2.24, 2.45) is 5.92 Å². The Morgan fingerprint density at radius 1 is 0.963 bits per heavy atom. The standard InChI is InChI=1S/C43H50N6O4S/c1-31(2)28-42(47(5)54(51,52)37-19-15-34(16-20-37)30-49-33(4)45-40-29-44-23-21-41(40)49)43(50)53-27-9-11-36-10-8-12-39(46-36)38(22-26-48-24-6-7-25-48)35-17-13-32(3)14-18-35/h8-23,29,31,42H,6-7,24-28,30H2,1-5H3/b11-9+,38-22+. The lowest BCUT2D eigenvalue weighted by molar-refractivity contribution is -0.147. The molecule has 1 aliphatic heterocycles. The van der Waals surface area contributed by atoms with Crippen molar-refractivity contribution in [1.82, 2.24) is 28.7 Å². The Morgan fingerprint density at radius 2 is 1.70 bits per heavy atom. The first-order valence-corrected chi connectivity index (χ1v) is 20.1. The van der Waals surface area contributed by atoms with Crippen molar-refractivity contribution in [2.45, 2.75) is 64.4 Å². The number of nitrogens with zero attached hydrogens (tertiary/aromatic N) is 6. The molecule has 10 nitrogen and oxygen atoms in total. The van der Waals surface area contributed by atoms with Gasteiger partial charge >= 0.3 is 5.97 Å². The molecule has 0 aliphatic carbocycles. The van der Waals surface area contributed by atoms with Crippen molar-refractivity contribution < 1.29 is 17.9 Å². The number of benzene rings is 2. The molecule has 0 spiro atoms. The average Bonchev–Trinajstić information content (AvgIpc) is 3.80. The maximum Gasteiger partial charge on any atom is 0.324 e. The molecule has 3 aromatic heterocycles. The third-order valence-corrected chi connectivity index (χ3v) is 11.7. The number of carbonyl (C=O) groups excluding carboxylic acids is 1. The lowest BCUT2D eigenvalue weighted by atomic mass is 10.00. The van der Waals surface area contributed by atoms with Crippen LogP contribution in [-0.2, 0) is 26.1 Å². The van der Waals surface area contributed by atoms with Crippen LogP contribution < -0.4 is 0 Å². The van der Waals surface area contributed by atoms with Gasteiger partial charge in [-0.1, -0.05) is 68.0 Å². The molecule has 0 amide bonds. The molecule has 1 atom stereocenters. The second-order valence-corrected chi connectivity index (χ2v) is 16.4. The Labute approximate surface area is 319 Å². The van der Waals surface area contributed by atoms with Gasteiger partial charge in [0.1, 0.15) is 24.0 Å². The van der Waals surface area contributed by atoms with Crippen molar-refractivity contribution in [3.8, 4) is 0 Å². The molecule has 4 heterocycles. The maximum absolute atomic E-state index is 13.8. The van der Waals surface area contributed by atoms with E-state index in [9.17, 15) is 13.2 Å². The summed E-state index contributed by atoms with van der Waals surface area (Å²) in [5.74, 6) is 0.299. The van der Waals surface area contributed by atoms with Gasteiger partial charge in [0.15, 0.2) is 0 Å². The second kappa shape index (κ2) is 17.4. The zero-order chi connectivity index (χ0) is 38.2. The van der Waals surface area contributed by atoms with E-state index in [4.69, 9.17) is 9.72 Å². The minimum atomic E-state index is -4.00. The minimum absolute atomic E-state index is 0.0179. The van der Waals surface area contributed by atoms with Crippen LogP contribution in [0.1, 0.15) is 67.0 Å². The number of sulfonamides is 1. The summed E-state index contributed by atoms with van der Waals surface area (Å²) in [6, 6.07) is 22.1. The van der Waals surface area contributed by atoms with Crippen LogP contribution in [0.15, 0.2) is 102 Å². The molecule has 0 radical (unpaired) electrons. The minimum Gasteiger partial charge on any atom is -0.460 e. The highest BCUT2D eigenvalue weighted by atomic mass is 32.2. The number of esters is 1. The topological polar surface area (TPSA) is 111 Å². The van der Waals surface area contributed by atoms with Gasteiger partial charge < -0.3 is 9.30 Å². The van der Waals surface area contributed by atoms with Crippen LogP contribution in [0.2, 0.25) is 0 Å². The number of aryl methyl sites for hydroxylation is 2. The van der Waals surface area contributed by atoms with Gasteiger partial charge in [-0.2, -0.15) is 4.31 Å². The Hall–Kier alpha value is -4.97. The zero-order valence-corrected chi connectivity index (χ0v) is 32.7. The average molecular weight is 747 g/mol. The summed E-state index contributed by atoms with van der Waals surface area (Å²) in [7, 11) is -2.56. The molecule has 11 heteroatoms. The number of rotatable bonds is 15. The molecule has 1 saturated heterocycles. The molecular weight excluding hydrogens is 697 g/mol.